The molecule has 0 bridgehead atoms. The van der Waals surface area contributed by atoms with Crippen LogP contribution >= 0.6 is 11.3 Å². The highest BCUT2D eigenvalue weighted by molar-refractivity contribution is 7.25. The van der Waals surface area contributed by atoms with Crippen molar-refractivity contribution in [3.05, 3.63) is 140 Å². The summed E-state index contributed by atoms with van der Waals surface area (Å²) < 4.78 is 3.53. The average molecular weight is 594 g/mol. The first-order chi connectivity index (χ1) is 22.2. The van der Waals surface area contributed by atoms with Gasteiger partial charge in [-0.1, -0.05) is 104 Å². The molecular formula is C41H27N3S. The topological polar surface area (TPSA) is 30.7 Å². The summed E-state index contributed by atoms with van der Waals surface area (Å²) >= 11 is 1.72. The van der Waals surface area contributed by atoms with Gasteiger partial charge in [-0.3, -0.25) is 0 Å². The van der Waals surface area contributed by atoms with E-state index in [2.05, 4.69) is 139 Å². The third kappa shape index (κ3) is 3.83. The molecule has 0 unspecified atom stereocenters. The lowest BCUT2D eigenvalue weighted by atomic mass is 9.99. The van der Waals surface area contributed by atoms with Gasteiger partial charge in [0.25, 0.3) is 0 Å². The normalized spacial score (nSPS) is 12.7. The Kier molecular flexibility index (Phi) is 5.74. The molecule has 0 amide bonds. The molecular weight excluding hydrogens is 567 g/mol. The van der Waals surface area contributed by atoms with Crippen LogP contribution in [0.5, 0.6) is 0 Å². The van der Waals surface area contributed by atoms with Crippen molar-refractivity contribution in [1.82, 2.24) is 14.5 Å². The van der Waals surface area contributed by atoms with E-state index in [0.29, 0.717) is 0 Å². The number of rotatable bonds is 4. The Labute approximate surface area is 263 Å². The Balaban J connectivity index is 1.27. The summed E-state index contributed by atoms with van der Waals surface area (Å²) in [6.45, 7) is 5.94. The number of para-hydroxylation sites is 1. The highest BCUT2D eigenvalue weighted by Gasteiger charge is 2.17. The highest BCUT2D eigenvalue weighted by atomic mass is 32.1. The fourth-order valence-corrected chi connectivity index (χ4v) is 7.88. The van der Waals surface area contributed by atoms with Crippen LogP contribution in [0.25, 0.3) is 91.6 Å². The molecule has 212 valence electrons. The van der Waals surface area contributed by atoms with Crippen molar-refractivity contribution in [1.29, 1.82) is 0 Å². The first-order valence-electron chi connectivity index (χ1n) is 15.2. The summed E-state index contributed by atoms with van der Waals surface area (Å²) in [4.78, 5) is 11.6. The Morgan fingerprint density at radius 3 is 1.93 bits per heavy atom. The molecule has 4 heteroatoms. The Morgan fingerprint density at radius 2 is 1.22 bits per heavy atom. The van der Waals surface area contributed by atoms with E-state index in [1.165, 1.54) is 48.4 Å². The summed E-state index contributed by atoms with van der Waals surface area (Å²) in [7, 11) is 0. The van der Waals surface area contributed by atoms with Gasteiger partial charge in [-0.15, -0.1) is 11.3 Å². The minimum Gasteiger partial charge on any atom is -0.310 e. The molecule has 0 radical (unpaired) electrons. The van der Waals surface area contributed by atoms with Crippen molar-refractivity contribution in [3.8, 4) is 11.1 Å². The van der Waals surface area contributed by atoms with E-state index >= 15 is 0 Å². The molecule has 0 aliphatic carbocycles. The van der Waals surface area contributed by atoms with Gasteiger partial charge in [0.1, 0.15) is 10.3 Å². The molecule has 3 heterocycles. The molecule has 0 atom stereocenters. The van der Waals surface area contributed by atoms with Crippen LogP contribution < -0.4 is 0 Å². The molecule has 0 saturated heterocycles. The fraction of sp³-hybridized carbons (Fsp3) is 0.0244. The van der Waals surface area contributed by atoms with Gasteiger partial charge in [0.15, 0.2) is 0 Å². The SMILES string of the molecule is C=C/C=C\C(=C/C)n1c2ccccc2c2cc(-c3ccc4sc5nc6c7ccccc7c7ccccc7c6nc5c4c3)ccc21. The van der Waals surface area contributed by atoms with Crippen molar-refractivity contribution in [3.63, 3.8) is 0 Å². The quantitative estimate of drug-likeness (QED) is 0.150. The van der Waals surface area contributed by atoms with Crippen LogP contribution in [0.4, 0.5) is 0 Å². The number of benzene rings is 6. The highest BCUT2D eigenvalue weighted by Crippen LogP contribution is 2.40. The lowest BCUT2D eigenvalue weighted by Crippen LogP contribution is -1.94. The number of allylic oxidation sites excluding steroid dienone is 5. The van der Waals surface area contributed by atoms with Crippen LogP contribution in [0.2, 0.25) is 0 Å². The molecule has 0 N–H and O–H groups in total. The molecule has 3 aromatic heterocycles. The van der Waals surface area contributed by atoms with Gasteiger partial charge in [-0.05, 0) is 65.2 Å². The summed E-state index contributed by atoms with van der Waals surface area (Å²) in [5.74, 6) is 0. The molecule has 6 aromatic carbocycles. The minimum atomic E-state index is 0.960. The molecule has 45 heavy (non-hydrogen) atoms. The minimum absolute atomic E-state index is 0.960. The van der Waals surface area contributed by atoms with Gasteiger partial charge in [0, 0.05) is 37.3 Å². The summed E-state index contributed by atoms with van der Waals surface area (Å²) in [5.41, 5.74) is 8.73. The Bertz CT molecular complexity index is 2740. The lowest BCUT2D eigenvalue weighted by Gasteiger charge is -2.09. The van der Waals surface area contributed by atoms with E-state index in [1.54, 1.807) is 11.3 Å². The van der Waals surface area contributed by atoms with E-state index in [0.717, 1.165) is 43.2 Å². The molecule has 0 fully saturated rings. The summed E-state index contributed by atoms with van der Waals surface area (Å²) in [6.07, 6.45) is 8.06. The molecule has 9 aromatic rings. The predicted octanol–water partition coefficient (Wildman–Crippen LogP) is 11.7. The van der Waals surface area contributed by atoms with Crippen LogP contribution in [0, 0.1) is 0 Å². The zero-order valence-corrected chi connectivity index (χ0v) is 25.5. The second-order valence-corrected chi connectivity index (χ2v) is 12.4. The van der Waals surface area contributed by atoms with Gasteiger partial charge in [-0.25, -0.2) is 9.97 Å². The molecule has 0 spiro atoms. The molecule has 0 aliphatic rings. The largest absolute Gasteiger partial charge is 0.310 e. The first-order valence-corrected chi connectivity index (χ1v) is 16.0. The van der Waals surface area contributed by atoms with E-state index in [-0.39, 0.29) is 0 Å². The smallest absolute Gasteiger partial charge is 0.143 e. The van der Waals surface area contributed by atoms with Crippen LogP contribution in [0.1, 0.15) is 6.92 Å². The monoisotopic (exact) mass is 593 g/mol. The summed E-state index contributed by atoms with van der Waals surface area (Å²) in [5, 5.41) is 8.32. The first kappa shape index (κ1) is 25.9. The fourth-order valence-electron chi connectivity index (χ4n) is 6.88. The number of hydrogen-bond acceptors (Lipinski definition) is 3. The maximum atomic E-state index is 5.35. The zero-order chi connectivity index (χ0) is 30.1. The van der Waals surface area contributed by atoms with E-state index < -0.39 is 0 Å². The maximum absolute atomic E-state index is 5.35. The molecule has 0 aliphatic heterocycles. The van der Waals surface area contributed by atoms with Crippen molar-refractivity contribution < 1.29 is 0 Å². The van der Waals surface area contributed by atoms with Crippen molar-refractivity contribution in [2.75, 3.05) is 0 Å². The van der Waals surface area contributed by atoms with Crippen LogP contribution in [-0.2, 0) is 0 Å². The predicted molar refractivity (Wildman–Crippen MR) is 195 cm³/mol. The molecule has 9 rings (SSSR count). The third-order valence-electron chi connectivity index (χ3n) is 8.92. The number of aromatic nitrogens is 3. The van der Waals surface area contributed by atoms with Gasteiger partial charge < -0.3 is 4.57 Å². The van der Waals surface area contributed by atoms with E-state index in [4.69, 9.17) is 9.97 Å². The van der Waals surface area contributed by atoms with Gasteiger partial charge in [-0.2, -0.15) is 0 Å². The number of fused-ring (bicyclic) bond motifs is 12. The average Bonchev–Trinajstić information content (AvgIpc) is 3.62. The zero-order valence-electron chi connectivity index (χ0n) is 24.7. The standard InChI is InChI=1S/C41H27N3S/c1-3-5-12-27(4-2)44-35-18-11-10-15-30(35)33-23-25(19-21-36(33)44)26-20-22-37-34(24-26)40-41(45-37)43-39-32-17-9-7-14-29(32)28-13-6-8-16-31(28)38(39)42-40/h3-24H,1H2,2H3/b12-5-,27-4+. The van der Waals surface area contributed by atoms with Crippen LogP contribution in [0.3, 0.4) is 0 Å². The second-order valence-electron chi connectivity index (χ2n) is 11.4. The van der Waals surface area contributed by atoms with Crippen LogP contribution in [-0.4, -0.2) is 14.5 Å². The third-order valence-corrected chi connectivity index (χ3v) is 9.98. The van der Waals surface area contributed by atoms with E-state index in [9.17, 15) is 0 Å². The van der Waals surface area contributed by atoms with Gasteiger partial charge in [0.05, 0.1) is 22.1 Å². The maximum Gasteiger partial charge on any atom is 0.143 e. The van der Waals surface area contributed by atoms with Gasteiger partial charge in [0.2, 0.25) is 0 Å². The van der Waals surface area contributed by atoms with Crippen molar-refractivity contribution in [2.24, 2.45) is 0 Å². The molecule has 0 saturated carbocycles. The Hall–Kier alpha value is -5.58. The number of hydrogen-bond donors (Lipinski definition) is 0. The van der Waals surface area contributed by atoms with Crippen molar-refractivity contribution in [2.45, 2.75) is 6.92 Å². The van der Waals surface area contributed by atoms with Crippen LogP contribution in [0.15, 0.2) is 140 Å². The number of thiophene rings is 1. The second kappa shape index (κ2) is 9.98. The molecule has 3 nitrogen and oxygen atoms in total. The summed E-state index contributed by atoms with van der Waals surface area (Å²) in [6, 6.07) is 39.3. The number of nitrogens with zero attached hydrogens (tertiary/aromatic N) is 3. The lowest BCUT2D eigenvalue weighted by molar-refractivity contribution is 1.23. The van der Waals surface area contributed by atoms with Crippen molar-refractivity contribution >= 4 is 91.9 Å². The Morgan fingerprint density at radius 1 is 0.622 bits per heavy atom. The van der Waals surface area contributed by atoms with E-state index in [1.807, 2.05) is 12.2 Å². The van der Waals surface area contributed by atoms with Gasteiger partial charge >= 0.3 is 0 Å².